The molecular formula is C19H12FNO3. The number of ketones is 3. The van der Waals surface area contributed by atoms with Gasteiger partial charge in [-0.3, -0.25) is 19.4 Å². The van der Waals surface area contributed by atoms with Gasteiger partial charge in [-0.25, -0.2) is 4.39 Å². The second kappa shape index (κ2) is 5.03. The highest BCUT2D eigenvalue weighted by Crippen LogP contribution is 2.52. The molecule has 4 nitrogen and oxygen atoms in total. The number of rotatable bonds is 3. The van der Waals surface area contributed by atoms with Crippen LogP contribution in [0.3, 0.4) is 0 Å². The molecule has 0 radical (unpaired) electrons. The minimum absolute atomic E-state index is 0.107. The maximum atomic E-state index is 13.3. The van der Waals surface area contributed by atoms with Gasteiger partial charge in [0.2, 0.25) is 11.6 Å². The summed E-state index contributed by atoms with van der Waals surface area (Å²) in [5.41, 5.74) is -0.418. The molecule has 0 aromatic heterocycles. The van der Waals surface area contributed by atoms with E-state index in [1.54, 1.807) is 30.3 Å². The third-order valence-corrected chi connectivity index (χ3v) is 4.53. The second-order valence-electron chi connectivity index (χ2n) is 6.04. The van der Waals surface area contributed by atoms with Crippen molar-refractivity contribution in [2.24, 2.45) is 10.9 Å². The van der Waals surface area contributed by atoms with Crippen molar-refractivity contribution in [2.45, 2.75) is 12.0 Å². The number of Topliss-reactive ketones (excluding diaryl/α,β-unsaturated/α-hetero) is 3. The SMILES string of the molecule is O=C1C(=O)C2(CC2C(=O)c2cccc(F)c2)N=C1c1ccccc1. The van der Waals surface area contributed by atoms with Gasteiger partial charge in [0.25, 0.3) is 0 Å². The lowest BCUT2D eigenvalue weighted by atomic mass is 10.00. The molecule has 0 bridgehead atoms. The highest BCUT2D eigenvalue weighted by Gasteiger charge is 2.68. The van der Waals surface area contributed by atoms with E-state index >= 15 is 0 Å². The molecule has 5 heteroatoms. The van der Waals surface area contributed by atoms with Crippen LogP contribution in [0.1, 0.15) is 22.3 Å². The number of carbonyl (C=O) groups excluding carboxylic acids is 3. The summed E-state index contributed by atoms with van der Waals surface area (Å²) in [6.07, 6.45) is 0.198. The van der Waals surface area contributed by atoms with Gasteiger partial charge < -0.3 is 0 Å². The summed E-state index contributed by atoms with van der Waals surface area (Å²) in [6.45, 7) is 0. The Morgan fingerprint density at radius 2 is 1.83 bits per heavy atom. The highest BCUT2D eigenvalue weighted by atomic mass is 19.1. The van der Waals surface area contributed by atoms with Crippen LogP contribution in [0.5, 0.6) is 0 Å². The molecule has 2 atom stereocenters. The molecule has 0 saturated heterocycles. The Morgan fingerprint density at radius 1 is 1.08 bits per heavy atom. The monoisotopic (exact) mass is 321 g/mol. The Bertz CT molecular complexity index is 919. The van der Waals surface area contributed by atoms with Crippen molar-refractivity contribution in [1.29, 1.82) is 0 Å². The molecule has 2 aromatic carbocycles. The van der Waals surface area contributed by atoms with Crippen molar-refractivity contribution in [3.8, 4) is 0 Å². The van der Waals surface area contributed by atoms with Crippen LogP contribution in [0.2, 0.25) is 0 Å². The zero-order chi connectivity index (χ0) is 16.9. The number of hydrogen-bond donors (Lipinski definition) is 0. The van der Waals surface area contributed by atoms with Crippen LogP contribution in [-0.4, -0.2) is 28.6 Å². The molecule has 0 N–H and O–H groups in total. The first-order valence-electron chi connectivity index (χ1n) is 7.57. The van der Waals surface area contributed by atoms with E-state index in [0.717, 1.165) is 6.07 Å². The minimum atomic E-state index is -1.29. The maximum Gasteiger partial charge on any atom is 0.249 e. The quantitative estimate of drug-likeness (QED) is 0.644. The normalized spacial score (nSPS) is 25.0. The van der Waals surface area contributed by atoms with Crippen LogP contribution in [-0.2, 0) is 9.59 Å². The molecule has 118 valence electrons. The molecule has 1 aliphatic carbocycles. The summed E-state index contributed by atoms with van der Waals surface area (Å²) in [4.78, 5) is 41.5. The molecule has 0 amide bonds. The van der Waals surface area contributed by atoms with Gasteiger partial charge in [0.05, 0.1) is 5.92 Å². The molecular weight excluding hydrogens is 309 g/mol. The van der Waals surface area contributed by atoms with E-state index in [2.05, 4.69) is 4.99 Å². The van der Waals surface area contributed by atoms with Crippen molar-refractivity contribution >= 4 is 23.1 Å². The average molecular weight is 321 g/mol. The third kappa shape index (κ3) is 2.05. The van der Waals surface area contributed by atoms with E-state index in [0.29, 0.717) is 5.56 Å². The minimum Gasteiger partial charge on any atom is -0.294 e. The molecule has 1 saturated carbocycles. The molecule has 2 unspecified atom stereocenters. The van der Waals surface area contributed by atoms with Crippen LogP contribution in [0.15, 0.2) is 59.6 Å². The molecule has 24 heavy (non-hydrogen) atoms. The fourth-order valence-corrected chi connectivity index (χ4v) is 3.18. The second-order valence-corrected chi connectivity index (χ2v) is 6.04. The van der Waals surface area contributed by atoms with Gasteiger partial charge in [-0.15, -0.1) is 0 Å². The lowest BCUT2D eigenvalue weighted by Crippen LogP contribution is -2.28. The highest BCUT2D eigenvalue weighted by molar-refractivity contribution is 6.73. The van der Waals surface area contributed by atoms with Crippen LogP contribution in [0.4, 0.5) is 4.39 Å². The zero-order valence-electron chi connectivity index (χ0n) is 12.5. The van der Waals surface area contributed by atoms with E-state index in [-0.39, 0.29) is 23.5 Å². The van der Waals surface area contributed by atoms with Gasteiger partial charge in [-0.2, -0.15) is 0 Å². The molecule has 1 fully saturated rings. The van der Waals surface area contributed by atoms with Gasteiger partial charge >= 0.3 is 0 Å². The standard InChI is InChI=1S/C19H12FNO3/c20-13-8-4-7-12(9-13)16(22)14-10-19(14)18(24)17(23)15(21-19)11-5-2-1-3-6-11/h1-9,14H,10H2. The van der Waals surface area contributed by atoms with Crippen LogP contribution < -0.4 is 0 Å². The van der Waals surface area contributed by atoms with Gasteiger partial charge in [0, 0.05) is 11.1 Å². The predicted octanol–water partition coefficient (Wildman–Crippen LogP) is 2.41. The summed E-state index contributed by atoms with van der Waals surface area (Å²) >= 11 is 0. The molecule has 1 aliphatic heterocycles. The Morgan fingerprint density at radius 3 is 2.54 bits per heavy atom. The fourth-order valence-electron chi connectivity index (χ4n) is 3.18. The van der Waals surface area contributed by atoms with Crippen LogP contribution in [0.25, 0.3) is 0 Å². The van der Waals surface area contributed by atoms with Gasteiger partial charge in [-0.1, -0.05) is 42.5 Å². The molecule has 1 heterocycles. The Labute approximate surface area is 137 Å². The van der Waals surface area contributed by atoms with Crippen molar-refractivity contribution in [3.05, 3.63) is 71.5 Å². The Hall–Kier alpha value is -2.95. The van der Waals surface area contributed by atoms with Gasteiger partial charge in [0.15, 0.2) is 5.78 Å². The summed E-state index contributed by atoms with van der Waals surface area (Å²) in [5.74, 6) is -2.87. The summed E-state index contributed by atoms with van der Waals surface area (Å²) in [7, 11) is 0. The first-order chi connectivity index (χ1) is 11.5. The molecule has 2 aromatic rings. The van der Waals surface area contributed by atoms with E-state index in [1.807, 2.05) is 0 Å². The number of benzene rings is 2. The summed E-state index contributed by atoms with van der Waals surface area (Å²) < 4.78 is 13.3. The first-order valence-corrected chi connectivity index (χ1v) is 7.57. The lowest BCUT2D eigenvalue weighted by Gasteiger charge is -2.03. The third-order valence-electron chi connectivity index (χ3n) is 4.53. The van der Waals surface area contributed by atoms with E-state index in [4.69, 9.17) is 0 Å². The predicted molar refractivity (Wildman–Crippen MR) is 84.6 cm³/mol. The largest absolute Gasteiger partial charge is 0.294 e. The first kappa shape index (κ1) is 14.6. The molecule has 1 spiro atoms. The summed E-state index contributed by atoms with van der Waals surface area (Å²) in [6, 6.07) is 14.0. The number of carbonyl (C=O) groups is 3. The van der Waals surface area contributed by atoms with E-state index < -0.39 is 28.8 Å². The van der Waals surface area contributed by atoms with Crippen molar-refractivity contribution in [3.63, 3.8) is 0 Å². The Kier molecular flexibility index (Phi) is 3.06. The zero-order valence-corrected chi connectivity index (χ0v) is 12.5. The van der Waals surface area contributed by atoms with Gasteiger partial charge in [-0.05, 0) is 18.6 Å². The van der Waals surface area contributed by atoms with E-state index in [9.17, 15) is 18.8 Å². The lowest BCUT2D eigenvalue weighted by molar-refractivity contribution is -0.133. The van der Waals surface area contributed by atoms with Crippen LogP contribution >= 0.6 is 0 Å². The van der Waals surface area contributed by atoms with Crippen molar-refractivity contribution < 1.29 is 18.8 Å². The number of nitrogens with zero attached hydrogens (tertiary/aromatic N) is 1. The Balaban J connectivity index is 1.68. The molecule has 2 aliphatic rings. The van der Waals surface area contributed by atoms with E-state index in [1.165, 1.54) is 18.2 Å². The van der Waals surface area contributed by atoms with Crippen molar-refractivity contribution in [2.75, 3.05) is 0 Å². The number of aliphatic imine (C=N–C) groups is 1. The fraction of sp³-hybridized carbons (Fsp3) is 0.158. The summed E-state index contributed by atoms with van der Waals surface area (Å²) in [5, 5.41) is 0. The smallest absolute Gasteiger partial charge is 0.249 e. The number of halogens is 1. The number of hydrogen-bond acceptors (Lipinski definition) is 4. The average Bonchev–Trinajstić information content (AvgIpc) is 3.28. The van der Waals surface area contributed by atoms with Gasteiger partial charge in [0.1, 0.15) is 17.1 Å². The molecule has 4 rings (SSSR count). The maximum absolute atomic E-state index is 13.3. The topological polar surface area (TPSA) is 63.6 Å². The van der Waals surface area contributed by atoms with Crippen molar-refractivity contribution in [1.82, 2.24) is 0 Å². The van der Waals surface area contributed by atoms with Crippen LogP contribution in [0, 0.1) is 11.7 Å².